The van der Waals surface area contributed by atoms with Crippen molar-refractivity contribution in [3.05, 3.63) is 75.4 Å². The molecule has 0 saturated heterocycles. The highest BCUT2D eigenvalue weighted by Crippen LogP contribution is 2.40. The molecule has 1 atom stereocenters. The van der Waals surface area contributed by atoms with Gasteiger partial charge in [0.25, 0.3) is 5.91 Å². The number of thioether (sulfide) groups is 1. The summed E-state index contributed by atoms with van der Waals surface area (Å²) in [6, 6.07) is 12.7. The van der Waals surface area contributed by atoms with Crippen LogP contribution in [0.4, 0.5) is 5.00 Å². The number of thiophene rings is 1. The lowest BCUT2D eigenvalue weighted by Crippen LogP contribution is -2.25. The minimum absolute atomic E-state index is 0.0735. The van der Waals surface area contributed by atoms with Crippen LogP contribution in [0.15, 0.2) is 47.6 Å². The summed E-state index contributed by atoms with van der Waals surface area (Å²) in [6.45, 7) is 5.85. The van der Waals surface area contributed by atoms with Crippen LogP contribution in [0.2, 0.25) is 0 Å². The molecule has 1 aliphatic rings. The van der Waals surface area contributed by atoms with Gasteiger partial charge in [0.05, 0.1) is 38.2 Å². The van der Waals surface area contributed by atoms with Gasteiger partial charge in [-0.25, -0.2) is 4.79 Å². The first-order chi connectivity index (χ1) is 21.7. The Morgan fingerprint density at radius 1 is 1.07 bits per heavy atom. The summed E-state index contributed by atoms with van der Waals surface area (Å²) < 4.78 is 17.7. The van der Waals surface area contributed by atoms with Crippen molar-refractivity contribution < 1.29 is 28.6 Å². The summed E-state index contributed by atoms with van der Waals surface area (Å²) in [5.41, 5.74) is 3.64. The number of carbonyl (C=O) groups is 3. The summed E-state index contributed by atoms with van der Waals surface area (Å²) in [4.78, 5) is 40.5. The van der Waals surface area contributed by atoms with Crippen molar-refractivity contribution in [3.63, 3.8) is 0 Å². The summed E-state index contributed by atoms with van der Waals surface area (Å²) >= 11 is 2.68. The maximum absolute atomic E-state index is 13.4. The van der Waals surface area contributed by atoms with E-state index in [1.54, 1.807) is 32.0 Å². The molecule has 0 radical (unpaired) electrons. The molecule has 13 heteroatoms. The zero-order valence-corrected chi connectivity index (χ0v) is 27.4. The highest BCUT2D eigenvalue weighted by molar-refractivity contribution is 8.00. The molecule has 0 unspecified atom stereocenters. The Morgan fingerprint density at radius 2 is 1.82 bits per heavy atom. The molecule has 2 N–H and O–H groups in total. The van der Waals surface area contributed by atoms with E-state index in [-0.39, 0.29) is 25.0 Å². The smallest absolute Gasteiger partial charge is 0.341 e. The predicted octanol–water partition coefficient (Wildman–Crippen LogP) is 5.37. The molecule has 0 saturated carbocycles. The van der Waals surface area contributed by atoms with Crippen LogP contribution in [0.1, 0.15) is 62.8 Å². The van der Waals surface area contributed by atoms with Gasteiger partial charge in [-0.15, -0.1) is 21.5 Å². The minimum atomic E-state index is -0.587. The summed E-state index contributed by atoms with van der Waals surface area (Å²) in [7, 11) is 3.04. The van der Waals surface area contributed by atoms with Crippen LogP contribution in [0.5, 0.6) is 11.5 Å². The van der Waals surface area contributed by atoms with Crippen LogP contribution in [0.3, 0.4) is 0 Å². The summed E-state index contributed by atoms with van der Waals surface area (Å²) in [5, 5.41) is 15.1. The largest absolute Gasteiger partial charge is 0.497 e. The van der Waals surface area contributed by atoms with Crippen molar-refractivity contribution in [2.24, 2.45) is 0 Å². The molecule has 0 bridgehead atoms. The molecule has 2 aromatic heterocycles. The lowest BCUT2D eigenvalue weighted by Gasteiger charge is -2.15. The van der Waals surface area contributed by atoms with E-state index in [9.17, 15) is 14.4 Å². The molecule has 2 amide bonds. The normalized spacial score (nSPS) is 12.7. The van der Waals surface area contributed by atoms with Crippen molar-refractivity contribution >= 4 is 45.9 Å². The zero-order chi connectivity index (χ0) is 32.1. The van der Waals surface area contributed by atoms with Crippen LogP contribution in [-0.4, -0.2) is 58.6 Å². The molecule has 0 fully saturated rings. The van der Waals surface area contributed by atoms with Gasteiger partial charge < -0.3 is 24.8 Å². The van der Waals surface area contributed by atoms with E-state index in [0.29, 0.717) is 38.6 Å². The van der Waals surface area contributed by atoms with Gasteiger partial charge >= 0.3 is 5.97 Å². The third kappa shape index (κ3) is 7.15. The molecule has 1 aliphatic carbocycles. The quantitative estimate of drug-likeness (QED) is 0.154. The molecule has 45 heavy (non-hydrogen) atoms. The van der Waals surface area contributed by atoms with Gasteiger partial charge in [0.2, 0.25) is 5.91 Å². The third-order valence-electron chi connectivity index (χ3n) is 7.27. The second kappa shape index (κ2) is 14.2. The number of carbonyl (C=O) groups excluding carboxylic acids is 3. The molecule has 2 heterocycles. The maximum atomic E-state index is 13.4. The van der Waals surface area contributed by atoms with Gasteiger partial charge in [0.1, 0.15) is 16.5 Å². The molecule has 5 rings (SSSR count). The number of rotatable bonds is 12. The Morgan fingerprint density at radius 3 is 2.51 bits per heavy atom. The molecule has 11 nitrogen and oxygen atoms in total. The predicted molar refractivity (Wildman–Crippen MR) is 173 cm³/mol. The van der Waals surface area contributed by atoms with Gasteiger partial charge in [-0.2, -0.15) is 0 Å². The number of anilines is 1. The maximum Gasteiger partial charge on any atom is 0.341 e. The molecular formula is C32H35N5O6S2. The van der Waals surface area contributed by atoms with E-state index < -0.39 is 11.2 Å². The number of amides is 2. The first-order valence-corrected chi connectivity index (χ1v) is 16.2. The molecule has 2 aromatic carbocycles. The second-order valence-electron chi connectivity index (χ2n) is 10.4. The highest BCUT2D eigenvalue weighted by atomic mass is 32.2. The van der Waals surface area contributed by atoms with Crippen molar-refractivity contribution in [2.45, 2.75) is 57.0 Å². The number of fused-ring (bicyclic) bond motifs is 1. The third-order valence-corrected chi connectivity index (χ3v) is 9.52. The van der Waals surface area contributed by atoms with E-state index in [4.69, 9.17) is 14.2 Å². The number of methoxy groups -OCH3 is 2. The van der Waals surface area contributed by atoms with Crippen LogP contribution in [-0.2, 0) is 28.9 Å². The monoisotopic (exact) mass is 649 g/mol. The van der Waals surface area contributed by atoms with Crippen LogP contribution < -0.4 is 20.1 Å². The molecule has 0 aliphatic heterocycles. The number of benzene rings is 2. The topological polar surface area (TPSA) is 134 Å². The van der Waals surface area contributed by atoms with Gasteiger partial charge in [0, 0.05) is 22.2 Å². The van der Waals surface area contributed by atoms with Gasteiger partial charge in [-0.05, 0) is 75.4 Å². The van der Waals surface area contributed by atoms with Crippen LogP contribution in [0.25, 0.3) is 5.69 Å². The average molecular weight is 650 g/mol. The van der Waals surface area contributed by atoms with Crippen LogP contribution >= 0.6 is 23.1 Å². The molecule has 0 spiro atoms. The molecule has 236 valence electrons. The summed E-state index contributed by atoms with van der Waals surface area (Å²) in [6.07, 6.45) is 2.67. The Balaban J connectivity index is 1.36. The van der Waals surface area contributed by atoms with Crippen LogP contribution in [0, 0.1) is 6.92 Å². The Labute approximate surface area is 269 Å². The van der Waals surface area contributed by atoms with E-state index in [0.717, 1.165) is 41.0 Å². The standard InChI is InChI=1S/C32H35N5O6S2/c1-6-43-31(40)27-24-11-8-12-25(24)45-30(27)34-28(38)19(3)44-32-36-35-26(37(32)21-10-7-9-18(2)13-21)17-33-29(39)20-14-22(41-4)16-23(15-20)42-5/h7,9-10,13-16,19H,6,8,11-12,17H2,1-5H3,(H,33,39)(H,34,38)/t19-/m0/s1. The lowest BCUT2D eigenvalue weighted by molar-refractivity contribution is -0.115. The fourth-order valence-corrected chi connectivity index (χ4v) is 7.22. The fraction of sp³-hybridized carbons (Fsp3) is 0.344. The number of esters is 1. The van der Waals surface area contributed by atoms with Crippen molar-refractivity contribution in [1.82, 2.24) is 20.1 Å². The van der Waals surface area contributed by atoms with E-state index in [1.165, 1.54) is 37.3 Å². The lowest BCUT2D eigenvalue weighted by atomic mass is 10.1. The average Bonchev–Trinajstić information content (AvgIpc) is 3.74. The number of hydrogen-bond donors (Lipinski definition) is 2. The number of ether oxygens (including phenoxy) is 3. The Bertz CT molecular complexity index is 1710. The van der Waals surface area contributed by atoms with Crippen molar-refractivity contribution in [1.29, 1.82) is 0 Å². The number of nitrogens with one attached hydrogen (secondary N) is 2. The number of nitrogens with zero attached hydrogens (tertiary/aromatic N) is 3. The van der Waals surface area contributed by atoms with Gasteiger partial charge in [-0.3, -0.25) is 14.2 Å². The van der Waals surface area contributed by atoms with E-state index >= 15 is 0 Å². The first kappa shape index (κ1) is 32.0. The SMILES string of the molecule is CCOC(=O)c1c(NC(=O)[C@H](C)Sc2nnc(CNC(=O)c3cc(OC)cc(OC)c3)n2-c2cccc(C)c2)sc2c1CCC2. The number of aromatic nitrogens is 3. The molecule has 4 aromatic rings. The summed E-state index contributed by atoms with van der Waals surface area (Å²) in [5.74, 6) is 0.452. The zero-order valence-electron chi connectivity index (χ0n) is 25.8. The minimum Gasteiger partial charge on any atom is -0.497 e. The Kier molecular flexibility index (Phi) is 10.1. The second-order valence-corrected chi connectivity index (χ2v) is 12.8. The van der Waals surface area contributed by atoms with E-state index in [1.807, 2.05) is 35.8 Å². The Hall–Kier alpha value is -4.36. The van der Waals surface area contributed by atoms with Gasteiger partial charge in [-0.1, -0.05) is 23.9 Å². The van der Waals surface area contributed by atoms with E-state index in [2.05, 4.69) is 20.8 Å². The number of hydrogen-bond acceptors (Lipinski definition) is 10. The first-order valence-electron chi connectivity index (χ1n) is 14.5. The fourth-order valence-electron chi connectivity index (χ4n) is 5.05. The molecular weight excluding hydrogens is 615 g/mol. The highest BCUT2D eigenvalue weighted by Gasteiger charge is 2.30. The van der Waals surface area contributed by atoms with Crippen molar-refractivity contribution in [3.8, 4) is 17.2 Å². The van der Waals surface area contributed by atoms with Crippen molar-refractivity contribution in [2.75, 3.05) is 26.1 Å². The van der Waals surface area contributed by atoms with Gasteiger partial charge in [0.15, 0.2) is 11.0 Å². The number of aryl methyl sites for hydroxylation is 2.